The monoisotopic (exact) mass is 272 g/mol. The Hall–Kier alpha value is -1.26. The Bertz CT molecular complexity index is 469. The molecule has 0 bridgehead atoms. The zero-order valence-corrected chi connectivity index (χ0v) is 10.2. The molecule has 1 aromatic carbocycles. The van der Waals surface area contributed by atoms with Gasteiger partial charge in [0.05, 0.1) is 0 Å². The van der Waals surface area contributed by atoms with Crippen molar-refractivity contribution in [1.82, 2.24) is 0 Å². The highest BCUT2D eigenvalue weighted by Crippen LogP contribution is 2.29. The molecule has 17 heavy (non-hydrogen) atoms. The van der Waals surface area contributed by atoms with Crippen LogP contribution in [0.1, 0.15) is 6.42 Å². The molecule has 1 fully saturated rings. The molecule has 4 nitrogen and oxygen atoms in total. The van der Waals surface area contributed by atoms with Crippen LogP contribution in [0.2, 0.25) is 10.0 Å². The SMILES string of the molecule is O=C([O-])[C@@H]1CC(=O)N(c2cc(Cl)cc(Cl)c2)C1. The van der Waals surface area contributed by atoms with Crippen LogP contribution in [0, 0.1) is 5.92 Å². The fourth-order valence-corrected chi connectivity index (χ4v) is 2.32. The summed E-state index contributed by atoms with van der Waals surface area (Å²) in [6, 6.07) is 4.69. The molecule has 0 N–H and O–H groups in total. The van der Waals surface area contributed by atoms with Gasteiger partial charge in [0.2, 0.25) is 5.91 Å². The fourth-order valence-electron chi connectivity index (χ4n) is 1.81. The summed E-state index contributed by atoms with van der Waals surface area (Å²) in [7, 11) is 0. The first-order chi connectivity index (χ1) is 7.97. The molecule has 1 aliphatic rings. The molecule has 0 saturated carbocycles. The molecule has 1 aromatic rings. The van der Waals surface area contributed by atoms with Gasteiger partial charge in [-0.25, -0.2) is 0 Å². The molecule has 1 saturated heterocycles. The maximum Gasteiger partial charge on any atom is 0.227 e. The third kappa shape index (κ3) is 2.53. The number of benzene rings is 1. The molecule has 6 heteroatoms. The number of hydrogen-bond donors (Lipinski definition) is 0. The fraction of sp³-hybridized carbons (Fsp3) is 0.273. The van der Waals surface area contributed by atoms with Gasteiger partial charge in [0.25, 0.3) is 0 Å². The second-order valence-corrected chi connectivity index (χ2v) is 4.72. The molecular weight excluding hydrogens is 265 g/mol. The zero-order chi connectivity index (χ0) is 12.6. The summed E-state index contributed by atoms with van der Waals surface area (Å²) in [5.74, 6) is -2.26. The normalized spacial score (nSPS) is 19.8. The minimum absolute atomic E-state index is 0.0491. The molecule has 0 aromatic heterocycles. The number of aliphatic carboxylic acids is 1. The Morgan fingerprint density at radius 1 is 1.29 bits per heavy atom. The molecule has 1 heterocycles. The van der Waals surface area contributed by atoms with E-state index in [-0.39, 0.29) is 18.9 Å². The number of rotatable bonds is 2. The van der Waals surface area contributed by atoms with Gasteiger partial charge >= 0.3 is 0 Å². The van der Waals surface area contributed by atoms with Gasteiger partial charge in [-0.1, -0.05) is 23.2 Å². The maximum absolute atomic E-state index is 11.7. The summed E-state index contributed by atoms with van der Waals surface area (Å²) in [6.45, 7) is 0.0951. The van der Waals surface area contributed by atoms with E-state index in [1.165, 1.54) is 4.90 Å². The Morgan fingerprint density at radius 2 is 1.88 bits per heavy atom. The zero-order valence-electron chi connectivity index (χ0n) is 8.65. The number of carboxylic acids is 1. The average Bonchev–Trinajstić information content (AvgIpc) is 2.59. The first-order valence-corrected chi connectivity index (χ1v) is 5.70. The summed E-state index contributed by atoms with van der Waals surface area (Å²) in [5, 5.41) is 11.5. The van der Waals surface area contributed by atoms with E-state index in [1.807, 2.05) is 0 Å². The molecular formula is C11H8Cl2NO3-. The van der Waals surface area contributed by atoms with Crippen molar-refractivity contribution in [3.8, 4) is 0 Å². The van der Waals surface area contributed by atoms with Crippen molar-refractivity contribution in [3.05, 3.63) is 28.2 Å². The molecule has 90 valence electrons. The highest BCUT2D eigenvalue weighted by atomic mass is 35.5. The van der Waals surface area contributed by atoms with Crippen LogP contribution in [0.4, 0.5) is 5.69 Å². The minimum atomic E-state index is -1.21. The van der Waals surface area contributed by atoms with Gasteiger partial charge < -0.3 is 14.8 Å². The van der Waals surface area contributed by atoms with Crippen LogP contribution in [0.3, 0.4) is 0 Å². The summed E-state index contributed by atoms with van der Waals surface area (Å²) < 4.78 is 0. The first-order valence-electron chi connectivity index (χ1n) is 4.94. The molecule has 0 spiro atoms. The third-order valence-corrected chi connectivity index (χ3v) is 3.05. The molecule has 0 aliphatic carbocycles. The van der Waals surface area contributed by atoms with Crippen molar-refractivity contribution in [3.63, 3.8) is 0 Å². The Balaban J connectivity index is 2.28. The Morgan fingerprint density at radius 3 is 2.35 bits per heavy atom. The average molecular weight is 273 g/mol. The van der Waals surface area contributed by atoms with Crippen molar-refractivity contribution in [2.45, 2.75) is 6.42 Å². The number of nitrogens with zero attached hydrogens (tertiary/aromatic N) is 1. The largest absolute Gasteiger partial charge is 0.550 e. The van der Waals surface area contributed by atoms with Gasteiger partial charge in [-0.05, 0) is 18.2 Å². The van der Waals surface area contributed by atoms with E-state index < -0.39 is 11.9 Å². The number of carbonyl (C=O) groups is 2. The lowest BCUT2D eigenvalue weighted by Crippen LogP contribution is -2.33. The smallest absolute Gasteiger partial charge is 0.227 e. The molecule has 1 aliphatic heterocycles. The van der Waals surface area contributed by atoms with Crippen LogP contribution in [-0.4, -0.2) is 18.4 Å². The van der Waals surface area contributed by atoms with Crippen molar-refractivity contribution in [2.75, 3.05) is 11.4 Å². The summed E-state index contributed by atoms with van der Waals surface area (Å²) >= 11 is 11.6. The highest BCUT2D eigenvalue weighted by molar-refractivity contribution is 6.35. The minimum Gasteiger partial charge on any atom is -0.550 e. The van der Waals surface area contributed by atoms with Gasteiger partial charge in [0.15, 0.2) is 0 Å². The summed E-state index contributed by atoms with van der Waals surface area (Å²) in [6.07, 6.45) is -0.0491. The predicted molar refractivity (Wildman–Crippen MR) is 61.9 cm³/mol. The predicted octanol–water partition coefficient (Wildman–Crippen LogP) is 1.10. The van der Waals surface area contributed by atoms with Crippen molar-refractivity contribution in [2.24, 2.45) is 5.92 Å². The van der Waals surface area contributed by atoms with Crippen molar-refractivity contribution >= 4 is 40.8 Å². The standard InChI is InChI=1S/C11H9Cl2NO3/c12-7-2-8(13)4-9(3-7)14-5-6(11(16)17)1-10(14)15/h2-4,6H,1,5H2,(H,16,17)/p-1/t6-/m1/s1. The van der Waals surface area contributed by atoms with Crippen molar-refractivity contribution < 1.29 is 14.7 Å². The van der Waals surface area contributed by atoms with E-state index in [9.17, 15) is 14.7 Å². The second-order valence-electron chi connectivity index (χ2n) is 3.85. The number of hydrogen-bond acceptors (Lipinski definition) is 3. The first kappa shape index (κ1) is 12.2. The third-order valence-electron chi connectivity index (χ3n) is 2.62. The van der Waals surface area contributed by atoms with Gasteiger partial charge in [-0.3, -0.25) is 4.79 Å². The Kier molecular flexibility index (Phi) is 3.26. The van der Waals surface area contributed by atoms with Gasteiger partial charge in [0, 0.05) is 40.6 Å². The van der Waals surface area contributed by atoms with E-state index in [0.29, 0.717) is 15.7 Å². The number of carbonyl (C=O) groups excluding carboxylic acids is 2. The van der Waals surface area contributed by atoms with E-state index in [0.717, 1.165) is 0 Å². The van der Waals surface area contributed by atoms with E-state index in [4.69, 9.17) is 23.2 Å². The number of anilines is 1. The van der Waals surface area contributed by atoms with Crippen molar-refractivity contribution in [1.29, 1.82) is 0 Å². The van der Waals surface area contributed by atoms with Crippen LogP contribution in [0.15, 0.2) is 18.2 Å². The van der Waals surface area contributed by atoms with Crippen LogP contribution in [0.25, 0.3) is 0 Å². The lowest BCUT2D eigenvalue weighted by molar-refractivity contribution is -0.310. The topological polar surface area (TPSA) is 60.4 Å². The van der Waals surface area contributed by atoms with E-state index in [1.54, 1.807) is 18.2 Å². The maximum atomic E-state index is 11.7. The van der Waals surface area contributed by atoms with Crippen LogP contribution < -0.4 is 10.0 Å². The molecule has 1 atom stereocenters. The van der Waals surface area contributed by atoms with Gasteiger partial charge in [-0.2, -0.15) is 0 Å². The molecule has 0 radical (unpaired) electrons. The quantitative estimate of drug-likeness (QED) is 0.810. The number of amides is 1. The van der Waals surface area contributed by atoms with Crippen LogP contribution >= 0.6 is 23.2 Å². The van der Waals surface area contributed by atoms with E-state index >= 15 is 0 Å². The number of halogens is 2. The summed E-state index contributed by atoms with van der Waals surface area (Å²) in [4.78, 5) is 23.7. The lowest BCUT2D eigenvalue weighted by Gasteiger charge is -2.17. The molecule has 2 rings (SSSR count). The molecule has 0 unspecified atom stereocenters. The Labute approximate surface area is 108 Å². The second kappa shape index (κ2) is 4.55. The molecule has 1 amide bonds. The van der Waals surface area contributed by atoms with Gasteiger partial charge in [0.1, 0.15) is 0 Å². The number of carboxylic acid groups (broad SMARTS) is 1. The summed E-state index contributed by atoms with van der Waals surface area (Å²) in [5.41, 5.74) is 0.510. The lowest BCUT2D eigenvalue weighted by atomic mass is 10.1. The van der Waals surface area contributed by atoms with E-state index in [2.05, 4.69) is 0 Å². The van der Waals surface area contributed by atoms with Crippen LogP contribution in [-0.2, 0) is 9.59 Å². The highest BCUT2D eigenvalue weighted by Gasteiger charge is 2.31. The van der Waals surface area contributed by atoms with Gasteiger partial charge in [-0.15, -0.1) is 0 Å². The van der Waals surface area contributed by atoms with Crippen LogP contribution in [0.5, 0.6) is 0 Å².